The highest BCUT2D eigenvalue weighted by molar-refractivity contribution is 7.99. The lowest BCUT2D eigenvalue weighted by Crippen LogP contribution is -2.39. The molecule has 0 spiro atoms. The number of furan rings is 1. The summed E-state index contributed by atoms with van der Waals surface area (Å²) in [6.07, 6.45) is 3.45. The third kappa shape index (κ3) is 5.06. The van der Waals surface area contributed by atoms with Crippen LogP contribution < -0.4 is 9.62 Å². The van der Waals surface area contributed by atoms with Crippen molar-refractivity contribution in [2.24, 2.45) is 0 Å². The van der Waals surface area contributed by atoms with Crippen LogP contribution in [0.2, 0.25) is 0 Å². The van der Waals surface area contributed by atoms with E-state index in [4.69, 9.17) is 4.42 Å². The summed E-state index contributed by atoms with van der Waals surface area (Å²) in [5.74, 6) is -0.468. The quantitative estimate of drug-likeness (QED) is 0.207. The molecule has 1 aliphatic rings. The molecule has 1 saturated heterocycles. The van der Waals surface area contributed by atoms with E-state index >= 15 is 0 Å². The number of hydrogen-bond donors (Lipinski definition) is 1. The molecule has 218 valence electrons. The first-order chi connectivity index (χ1) is 20.2. The molecule has 1 N–H and O–H groups in total. The Morgan fingerprint density at radius 2 is 1.98 bits per heavy atom. The minimum absolute atomic E-state index is 0.114. The van der Waals surface area contributed by atoms with Crippen molar-refractivity contribution in [3.63, 3.8) is 0 Å². The molecule has 0 unspecified atom stereocenters. The highest BCUT2D eigenvalue weighted by Crippen LogP contribution is 2.43. The fourth-order valence-electron chi connectivity index (χ4n) is 5.56. The van der Waals surface area contributed by atoms with Gasteiger partial charge in [-0.25, -0.2) is 17.8 Å². The van der Waals surface area contributed by atoms with E-state index < -0.39 is 10.0 Å². The second-order valence-electron chi connectivity index (χ2n) is 10.2. The van der Waals surface area contributed by atoms with Crippen LogP contribution in [-0.2, 0) is 10.0 Å². The number of benzene rings is 3. The van der Waals surface area contributed by atoms with Gasteiger partial charge in [0, 0.05) is 50.5 Å². The third-order valence-corrected chi connectivity index (χ3v) is 11.2. The van der Waals surface area contributed by atoms with Gasteiger partial charge in [-0.3, -0.25) is 4.79 Å². The van der Waals surface area contributed by atoms with Crippen LogP contribution in [-0.4, -0.2) is 57.1 Å². The molecule has 8 nitrogen and oxygen atoms in total. The van der Waals surface area contributed by atoms with Crippen molar-refractivity contribution < 1.29 is 22.0 Å². The molecular weight excluding hydrogens is 596 g/mol. The van der Waals surface area contributed by atoms with E-state index in [0.29, 0.717) is 47.4 Å². The summed E-state index contributed by atoms with van der Waals surface area (Å²) in [4.78, 5) is 17.7. The number of nitrogens with one attached hydrogen (secondary N) is 1. The van der Waals surface area contributed by atoms with Gasteiger partial charge < -0.3 is 14.0 Å². The summed E-state index contributed by atoms with van der Waals surface area (Å²) in [7, 11) is -0.234. The SMILES string of the molecule is CNC(=O)c1c(-c2ccc(F)cc2)oc2cc(N(C)SC)c([C@H]3CCCN(S(=O)(=O)c4ccc5ncsc5c4)C3)cc12. The summed E-state index contributed by atoms with van der Waals surface area (Å²) >= 11 is 2.94. The first kappa shape index (κ1) is 28.7. The second-order valence-corrected chi connectivity index (χ2v) is 13.9. The van der Waals surface area contributed by atoms with Crippen LogP contribution in [0.1, 0.15) is 34.7 Å². The number of carbonyl (C=O) groups excluding carboxylic acids is 1. The van der Waals surface area contributed by atoms with E-state index in [1.807, 2.05) is 29.7 Å². The van der Waals surface area contributed by atoms with Crippen LogP contribution in [0.3, 0.4) is 0 Å². The first-order valence-electron chi connectivity index (χ1n) is 13.4. The Morgan fingerprint density at radius 1 is 1.19 bits per heavy atom. The highest BCUT2D eigenvalue weighted by atomic mass is 32.2. The standard InChI is InChI=1S/C30H29FN4O4S3/c1-32-30(36)28-23-14-22(25(34(2)40-3)15-26(23)39-29(28)18-6-8-20(31)9-7-18)19-5-4-12-35(16-19)42(37,38)21-10-11-24-27(13-21)41-17-33-24/h6-11,13-15,17,19H,4-5,12,16H2,1-3H3,(H,32,36)/t19-/m0/s1. The number of carbonyl (C=O) groups is 1. The number of nitrogens with zero attached hydrogens (tertiary/aromatic N) is 3. The van der Waals surface area contributed by atoms with E-state index in [1.165, 1.54) is 35.4 Å². The van der Waals surface area contributed by atoms with Gasteiger partial charge in [-0.1, -0.05) is 11.9 Å². The van der Waals surface area contributed by atoms with E-state index in [2.05, 4.69) is 10.3 Å². The average molecular weight is 625 g/mol. The van der Waals surface area contributed by atoms with Crippen LogP contribution in [0.4, 0.5) is 10.1 Å². The maximum atomic E-state index is 13.8. The van der Waals surface area contributed by atoms with Crippen LogP contribution >= 0.6 is 23.3 Å². The zero-order valence-corrected chi connectivity index (χ0v) is 25.7. The molecule has 12 heteroatoms. The summed E-state index contributed by atoms with van der Waals surface area (Å²) in [6, 6.07) is 14.8. The Morgan fingerprint density at radius 3 is 2.71 bits per heavy atom. The first-order valence-corrected chi connectivity index (χ1v) is 16.9. The molecule has 2 aromatic heterocycles. The van der Waals surface area contributed by atoms with Crippen molar-refractivity contribution in [2.45, 2.75) is 23.7 Å². The molecule has 1 aliphatic heterocycles. The second kappa shape index (κ2) is 11.3. The summed E-state index contributed by atoms with van der Waals surface area (Å²) in [6.45, 7) is 0.737. The molecule has 1 fully saturated rings. The number of rotatable bonds is 7. The smallest absolute Gasteiger partial charge is 0.255 e. The maximum Gasteiger partial charge on any atom is 0.255 e. The van der Waals surface area contributed by atoms with Crippen molar-refractivity contribution in [3.8, 4) is 11.3 Å². The Kier molecular flexibility index (Phi) is 7.73. The fourth-order valence-corrected chi connectivity index (χ4v) is 8.26. The number of amides is 1. The Bertz CT molecular complexity index is 1900. The molecule has 1 atom stereocenters. The molecule has 0 aliphatic carbocycles. The number of halogens is 1. The normalized spacial score (nSPS) is 16.2. The van der Waals surface area contributed by atoms with E-state index in [0.717, 1.165) is 27.9 Å². The fraction of sp³-hybridized carbons (Fsp3) is 0.267. The number of thiazole rings is 1. The van der Waals surface area contributed by atoms with Crippen LogP contribution in [0.5, 0.6) is 0 Å². The number of hydrogen-bond acceptors (Lipinski definition) is 8. The zero-order chi connectivity index (χ0) is 29.6. The minimum atomic E-state index is -3.73. The van der Waals surface area contributed by atoms with Gasteiger partial charge in [0.15, 0.2) is 0 Å². The molecule has 5 aromatic rings. The maximum absolute atomic E-state index is 13.8. The van der Waals surface area contributed by atoms with Gasteiger partial charge in [0.1, 0.15) is 17.2 Å². The van der Waals surface area contributed by atoms with Crippen LogP contribution in [0.25, 0.3) is 32.5 Å². The molecular formula is C30H29FN4O4S3. The summed E-state index contributed by atoms with van der Waals surface area (Å²) in [5, 5.41) is 3.33. The largest absolute Gasteiger partial charge is 0.455 e. The highest BCUT2D eigenvalue weighted by Gasteiger charge is 2.34. The van der Waals surface area contributed by atoms with Gasteiger partial charge in [0.2, 0.25) is 10.0 Å². The predicted molar refractivity (Wildman–Crippen MR) is 167 cm³/mol. The molecule has 0 saturated carbocycles. The minimum Gasteiger partial charge on any atom is -0.455 e. The Balaban J connectivity index is 1.45. The van der Waals surface area contributed by atoms with Gasteiger partial charge in [0.25, 0.3) is 5.91 Å². The molecule has 3 aromatic carbocycles. The van der Waals surface area contributed by atoms with Gasteiger partial charge in [-0.05, 0) is 72.9 Å². The zero-order valence-electron chi connectivity index (χ0n) is 23.3. The predicted octanol–water partition coefficient (Wildman–Crippen LogP) is 6.49. The van der Waals surface area contributed by atoms with Gasteiger partial charge >= 0.3 is 0 Å². The number of aromatic nitrogens is 1. The molecule has 0 radical (unpaired) electrons. The third-order valence-electron chi connectivity index (χ3n) is 7.78. The number of sulfonamides is 1. The van der Waals surface area contributed by atoms with Crippen LogP contribution in [0, 0.1) is 5.82 Å². The lowest BCUT2D eigenvalue weighted by atomic mass is 9.89. The summed E-state index contributed by atoms with van der Waals surface area (Å²) in [5.41, 5.74) is 5.77. The average Bonchev–Trinajstić information content (AvgIpc) is 3.64. The summed E-state index contributed by atoms with van der Waals surface area (Å²) < 4.78 is 51.9. The lowest BCUT2D eigenvalue weighted by molar-refractivity contribution is 0.0964. The van der Waals surface area contributed by atoms with Crippen LogP contribution in [0.15, 0.2) is 69.4 Å². The molecule has 42 heavy (non-hydrogen) atoms. The van der Waals surface area contributed by atoms with E-state index in [9.17, 15) is 17.6 Å². The van der Waals surface area contributed by atoms with Crippen molar-refractivity contribution in [1.29, 1.82) is 0 Å². The van der Waals surface area contributed by atoms with Crippen molar-refractivity contribution in [2.75, 3.05) is 37.7 Å². The van der Waals surface area contributed by atoms with E-state index in [-0.39, 0.29) is 22.5 Å². The molecule has 0 bridgehead atoms. The Hall–Kier alpha value is -3.45. The van der Waals surface area contributed by atoms with Crippen molar-refractivity contribution in [1.82, 2.24) is 14.6 Å². The molecule has 1 amide bonds. The number of anilines is 1. The molecule has 6 rings (SSSR count). The monoisotopic (exact) mass is 624 g/mol. The molecule has 3 heterocycles. The van der Waals surface area contributed by atoms with Gasteiger partial charge in [-0.15, -0.1) is 11.3 Å². The topological polar surface area (TPSA) is 95.8 Å². The Labute approximate surface area is 251 Å². The van der Waals surface area contributed by atoms with Gasteiger partial charge in [0.05, 0.1) is 31.9 Å². The number of piperidine rings is 1. The van der Waals surface area contributed by atoms with Crippen molar-refractivity contribution in [3.05, 3.63) is 77.1 Å². The van der Waals surface area contributed by atoms with Crippen molar-refractivity contribution >= 4 is 66.1 Å². The van der Waals surface area contributed by atoms with Gasteiger partial charge in [-0.2, -0.15) is 4.31 Å². The number of fused-ring (bicyclic) bond motifs is 2. The van der Waals surface area contributed by atoms with E-state index in [1.54, 1.807) is 47.2 Å². The lowest BCUT2D eigenvalue weighted by Gasteiger charge is -2.34.